The standard InChI is InChI=1S/C31H29BrN2O5S/c1-3-38-26-15-22(14-25(32)29(26)39-19-21-10-8-20(2)9-11-21)16-27-30(36)34(31(37)40-27)18-28(35)33-13-12-23-6-4-5-7-24(23)17-33/h4-11,14-16H,3,12-13,17-19H2,1-2H3/b27-16-. The number of benzene rings is 3. The third-order valence-electron chi connectivity index (χ3n) is 6.78. The molecular formula is C31H29BrN2O5S. The maximum atomic E-state index is 13.2. The lowest BCUT2D eigenvalue weighted by atomic mass is 10.00. The molecule has 0 unspecified atom stereocenters. The zero-order chi connectivity index (χ0) is 28.2. The van der Waals surface area contributed by atoms with Gasteiger partial charge in [0.2, 0.25) is 5.91 Å². The molecule has 2 aliphatic rings. The molecule has 1 fully saturated rings. The summed E-state index contributed by atoms with van der Waals surface area (Å²) in [6.07, 6.45) is 2.40. The van der Waals surface area contributed by atoms with Gasteiger partial charge in [-0.25, -0.2) is 0 Å². The van der Waals surface area contributed by atoms with Crippen LogP contribution in [0.4, 0.5) is 4.79 Å². The van der Waals surface area contributed by atoms with Crippen LogP contribution in [0.25, 0.3) is 6.08 Å². The number of fused-ring (bicyclic) bond motifs is 1. The number of ether oxygens (including phenoxy) is 2. The van der Waals surface area contributed by atoms with Gasteiger partial charge < -0.3 is 14.4 Å². The van der Waals surface area contributed by atoms with Gasteiger partial charge in [0.15, 0.2) is 11.5 Å². The summed E-state index contributed by atoms with van der Waals surface area (Å²) in [5, 5.41) is -0.454. The highest BCUT2D eigenvalue weighted by Gasteiger charge is 2.37. The van der Waals surface area contributed by atoms with Crippen LogP contribution in [-0.4, -0.2) is 46.5 Å². The van der Waals surface area contributed by atoms with Crippen molar-refractivity contribution in [1.82, 2.24) is 9.80 Å². The van der Waals surface area contributed by atoms with E-state index in [1.54, 1.807) is 17.0 Å². The number of hydrogen-bond acceptors (Lipinski definition) is 6. The van der Waals surface area contributed by atoms with E-state index in [9.17, 15) is 14.4 Å². The zero-order valence-electron chi connectivity index (χ0n) is 22.3. The van der Waals surface area contributed by atoms with Crippen molar-refractivity contribution in [3.05, 3.63) is 97.9 Å². The SMILES string of the molecule is CCOc1cc(/C=C2\SC(=O)N(CC(=O)N3CCc4ccccc4C3)C2=O)cc(Br)c1OCc1ccc(C)cc1. The molecule has 2 heterocycles. The van der Waals surface area contributed by atoms with E-state index in [1.807, 2.05) is 62.4 Å². The summed E-state index contributed by atoms with van der Waals surface area (Å²) in [6.45, 7) is 5.48. The average molecular weight is 622 g/mol. The fourth-order valence-electron chi connectivity index (χ4n) is 4.65. The number of hydrogen-bond donors (Lipinski definition) is 0. The second-order valence-corrected chi connectivity index (χ2v) is 11.5. The van der Waals surface area contributed by atoms with Crippen LogP contribution < -0.4 is 9.47 Å². The number of aryl methyl sites for hydroxylation is 1. The van der Waals surface area contributed by atoms with Crippen LogP contribution in [0.5, 0.6) is 11.5 Å². The molecule has 206 valence electrons. The van der Waals surface area contributed by atoms with Gasteiger partial charge in [-0.05, 0) is 88.4 Å². The Morgan fingerprint density at radius 2 is 1.80 bits per heavy atom. The Hall–Kier alpha value is -3.56. The van der Waals surface area contributed by atoms with Gasteiger partial charge in [0, 0.05) is 13.1 Å². The van der Waals surface area contributed by atoms with E-state index in [4.69, 9.17) is 9.47 Å². The fourth-order valence-corrected chi connectivity index (χ4v) is 6.06. The first-order valence-corrected chi connectivity index (χ1v) is 14.7. The van der Waals surface area contributed by atoms with Gasteiger partial charge in [0.25, 0.3) is 11.1 Å². The first-order valence-electron chi connectivity index (χ1n) is 13.1. The highest BCUT2D eigenvalue weighted by atomic mass is 79.9. The summed E-state index contributed by atoms with van der Waals surface area (Å²) in [5.74, 6) is 0.362. The number of nitrogens with zero attached hydrogens (tertiary/aromatic N) is 2. The lowest BCUT2D eigenvalue weighted by Gasteiger charge is -2.29. The molecule has 0 bridgehead atoms. The van der Waals surface area contributed by atoms with Crippen molar-refractivity contribution in [2.75, 3.05) is 19.7 Å². The molecule has 3 aromatic rings. The van der Waals surface area contributed by atoms with Crippen LogP contribution in [0, 0.1) is 6.92 Å². The number of amides is 3. The van der Waals surface area contributed by atoms with Crippen LogP contribution in [-0.2, 0) is 29.2 Å². The first kappa shape index (κ1) is 28.0. The van der Waals surface area contributed by atoms with Crippen molar-refractivity contribution < 1.29 is 23.9 Å². The summed E-state index contributed by atoms with van der Waals surface area (Å²) < 4.78 is 12.6. The highest BCUT2D eigenvalue weighted by Crippen LogP contribution is 2.40. The molecule has 0 aromatic heterocycles. The van der Waals surface area contributed by atoms with Gasteiger partial charge in [-0.3, -0.25) is 19.3 Å². The minimum Gasteiger partial charge on any atom is -0.490 e. The molecule has 0 N–H and O–H groups in total. The summed E-state index contributed by atoms with van der Waals surface area (Å²) in [4.78, 5) is 41.9. The zero-order valence-corrected chi connectivity index (χ0v) is 24.7. The van der Waals surface area contributed by atoms with Gasteiger partial charge in [-0.2, -0.15) is 0 Å². The molecule has 3 amide bonds. The smallest absolute Gasteiger partial charge is 0.294 e. The Balaban J connectivity index is 1.29. The van der Waals surface area contributed by atoms with E-state index in [2.05, 4.69) is 22.0 Å². The van der Waals surface area contributed by atoms with Crippen molar-refractivity contribution >= 4 is 50.8 Å². The van der Waals surface area contributed by atoms with E-state index in [1.165, 1.54) is 11.1 Å². The number of imide groups is 1. The van der Waals surface area contributed by atoms with Gasteiger partial charge in [0.05, 0.1) is 16.0 Å². The highest BCUT2D eigenvalue weighted by molar-refractivity contribution is 9.10. The first-order chi connectivity index (χ1) is 19.3. The van der Waals surface area contributed by atoms with Crippen LogP contribution >= 0.6 is 27.7 Å². The van der Waals surface area contributed by atoms with Crippen LogP contribution in [0.2, 0.25) is 0 Å². The van der Waals surface area contributed by atoms with Gasteiger partial charge in [0.1, 0.15) is 13.2 Å². The third-order valence-corrected chi connectivity index (χ3v) is 8.28. The molecule has 3 aromatic carbocycles. The quantitative estimate of drug-likeness (QED) is 0.273. The number of carbonyl (C=O) groups excluding carboxylic acids is 3. The van der Waals surface area contributed by atoms with Gasteiger partial charge in [-0.15, -0.1) is 0 Å². The molecule has 0 saturated carbocycles. The molecule has 0 spiro atoms. The van der Waals surface area contributed by atoms with E-state index in [-0.39, 0.29) is 17.4 Å². The number of rotatable bonds is 8. The van der Waals surface area contributed by atoms with E-state index < -0.39 is 11.1 Å². The molecule has 2 aliphatic heterocycles. The lowest BCUT2D eigenvalue weighted by Crippen LogP contribution is -2.44. The normalized spacial score (nSPS) is 15.9. The molecule has 7 nitrogen and oxygen atoms in total. The summed E-state index contributed by atoms with van der Waals surface area (Å²) in [5.41, 5.74) is 5.20. The predicted octanol–water partition coefficient (Wildman–Crippen LogP) is 6.36. The van der Waals surface area contributed by atoms with Crippen molar-refractivity contribution in [2.45, 2.75) is 33.4 Å². The summed E-state index contributed by atoms with van der Waals surface area (Å²) >= 11 is 4.41. The molecule has 9 heteroatoms. The molecule has 0 aliphatic carbocycles. The van der Waals surface area contributed by atoms with Gasteiger partial charge in [-0.1, -0.05) is 54.1 Å². The Labute approximate surface area is 246 Å². The second-order valence-electron chi connectivity index (χ2n) is 9.64. The van der Waals surface area contributed by atoms with Crippen molar-refractivity contribution in [2.24, 2.45) is 0 Å². The van der Waals surface area contributed by atoms with Crippen LogP contribution in [0.1, 0.15) is 34.7 Å². The molecule has 0 radical (unpaired) electrons. The summed E-state index contributed by atoms with van der Waals surface area (Å²) in [7, 11) is 0. The van der Waals surface area contributed by atoms with Crippen molar-refractivity contribution in [3.63, 3.8) is 0 Å². The third kappa shape index (κ3) is 6.26. The maximum absolute atomic E-state index is 13.2. The number of carbonyl (C=O) groups is 3. The summed E-state index contributed by atoms with van der Waals surface area (Å²) in [6, 6.07) is 19.7. The van der Waals surface area contributed by atoms with E-state index in [0.717, 1.165) is 34.2 Å². The Bertz CT molecular complexity index is 1490. The van der Waals surface area contributed by atoms with Crippen LogP contribution in [0.15, 0.2) is 70.0 Å². The fraction of sp³-hybridized carbons (Fsp3) is 0.258. The monoisotopic (exact) mass is 620 g/mol. The molecular weight excluding hydrogens is 592 g/mol. The van der Waals surface area contributed by atoms with Crippen molar-refractivity contribution in [3.8, 4) is 11.5 Å². The minimum atomic E-state index is -0.477. The Morgan fingerprint density at radius 1 is 1.05 bits per heavy atom. The van der Waals surface area contributed by atoms with E-state index >= 15 is 0 Å². The Morgan fingerprint density at radius 3 is 2.55 bits per heavy atom. The Kier molecular flexibility index (Phi) is 8.61. The van der Waals surface area contributed by atoms with Gasteiger partial charge >= 0.3 is 0 Å². The molecule has 40 heavy (non-hydrogen) atoms. The predicted molar refractivity (Wildman–Crippen MR) is 159 cm³/mol. The lowest BCUT2D eigenvalue weighted by molar-refractivity contribution is -0.136. The largest absolute Gasteiger partial charge is 0.490 e. The average Bonchev–Trinajstić information content (AvgIpc) is 3.20. The molecule has 1 saturated heterocycles. The van der Waals surface area contributed by atoms with E-state index in [0.29, 0.717) is 47.8 Å². The minimum absolute atomic E-state index is 0.241. The molecule has 5 rings (SSSR count). The maximum Gasteiger partial charge on any atom is 0.294 e. The molecule has 0 atom stereocenters. The van der Waals surface area contributed by atoms with Crippen LogP contribution in [0.3, 0.4) is 0 Å². The number of thioether (sulfide) groups is 1. The number of halogens is 1. The second kappa shape index (κ2) is 12.3. The van der Waals surface area contributed by atoms with Crippen molar-refractivity contribution in [1.29, 1.82) is 0 Å². The topological polar surface area (TPSA) is 76.2 Å².